The number of guanidine groups is 1. The van der Waals surface area contributed by atoms with Gasteiger partial charge in [0, 0.05) is 25.1 Å². The molecule has 2 amide bonds. The van der Waals surface area contributed by atoms with Gasteiger partial charge in [-0.15, -0.1) is 0 Å². The zero-order chi connectivity index (χ0) is 25.2. The Morgan fingerprint density at radius 2 is 1.97 bits per heavy atom. The van der Waals surface area contributed by atoms with Crippen LogP contribution in [-0.4, -0.2) is 66.9 Å². The molecule has 0 bridgehead atoms. The number of benzene rings is 1. The van der Waals surface area contributed by atoms with E-state index < -0.39 is 0 Å². The van der Waals surface area contributed by atoms with Crippen molar-refractivity contribution in [3.05, 3.63) is 23.8 Å². The molecule has 1 saturated carbocycles. The number of amides is 2. The van der Waals surface area contributed by atoms with Crippen LogP contribution >= 0.6 is 0 Å². The third-order valence-corrected chi connectivity index (χ3v) is 7.24. The van der Waals surface area contributed by atoms with Gasteiger partial charge in [0.2, 0.25) is 17.8 Å². The number of hydrogen-bond acceptors (Lipinski definition) is 7. The maximum atomic E-state index is 12.8. The first-order valence-corrected chi connectivity index (χ1v) is 13.3. The lowest BCUT2D eigenvalue weighted by molar-refractivity contribution is -0.135. The molecule has 1 N–H and O–H groups in total. The van der Waals surface area contributed by atoms with Crippen molar-refractivity contribution < 1.29 is 23.9 Å². The van der Waals surface area contributed by atoms with Gasteiger partial charge in [0.05, 0.1) is 18.8 Å². The molecule has 1 aromatic rings. The van der Waals surface area contributed by atoms with E-state index in [0.717, 1.165) is 35.8 Å². The van der Waals surface area contributed by atoms with Crippen molar-refractivity contribution in [1.82, 2.24) is 15.1 Å². The fourth-order valence-corrected chi connectivity index (χ4v) is 5.28. The summed E-state index contributed by atoms with van der Waals surface area (Å²) < 4.78 is 10.7. The first kappa shape index (κ1) is 26.0. The van der Waals surface area contributed by atoms with Gasteiger partial charge in [-0.2, -0.15) is 0 Å². The maximum Gasteiger partial charge on any atom is 0.293 e. The summed E-state index contributed by atoms with van der Waals surface area (Å²) in [4.78, 5) is 43.2. The Hall–Kier alpha value is -3.10. The minimum Gasteiger partial charge on any atom is -0.494 e. The standard InChI is InChI=1S/C27H38N4O5/c32-20-35-16-14-30(13-5-4-9-21-7-2-1-3-8-21)26(34)10-6-15-36-23-11-12-24-22(17-23)18-31-19-25(33)29-27(31)28-24/h11-12,17,20-21H,1-10,13-16,18-19H2,(H,28,29,33). The van der Waals surface area contributed by atoms with Crippen molar-refractivity contribution >= 4 is 29.9 Å². The average molecular weight is 499 g/mol. The van der Waals surface area contributed by atoms with E-state index in [1.807, 2.05) is 28.0 Å². The third-order valence-electron chi connectivity index (χ3n) is 7.24. The first-order chi connectivity index (χ1) is 17.6. The average Bonchev–Trinajstić information content (AvgIpc) is 3.25. The number of carbonyl (C=O) groups is 3. The number of hydrogen-bond donors (Lipinski definition) is 1. The Kier molecular flexibility index (Phi) is 9.58. The number of fused-ring (bicyclic) bond motifs is 2. The zero-order valence-corrected chi connectivity index (χ0v) is 21.1. The van der Waals surface area contributed by atoms with Crippen molar-refractivity contribution in [2.75, 3.05) is 32.8 Å². The van der Waals surface area contributed by atoms with E-state index in [4.69, 9.17) is 9.47 Å². The molecule has 0 aromatic heterocycles. The highest BCUT2D eigenvalue weighted by Crippen LogP contribution is 2.30. The molecule has 0 radical (unpaired) electrons. The van der Waals surface area contributed by atoms with Gasteiger partial charge >= 0.3 is 0 Å². The number of ether oxygens (including phenoxy) is 2. The molecule has 0 unspecified atom stereocenters. The highest BCUT2D eigenvalue weighted by Gasteiger charge is 2.29. The van der Waals surface area contributed by atoms with Gasteiger partial charge in [-0.3, -0.25) is 19.7 Å². The Bertz CT molecular complexity index is 944. The summed E-state index contributed by atoms with van der Waals surface area (Å²) in [5, 5.41) is 2.76. The summed E-state index contributed by atoms with van der Waals surface area (Å²) in [5.41, 5.74) is 1.85. The Morgan fingerprint density at radius 3 is 2.81 bits per heavy atom. The van der Waals surface area contributed by atoms with E-state index in [-0.39, 0.29) is 18.4 Å². The van der Waals surface area contributed by atoms with Crippen LogP contribution in [0.5, 0.6) is 5.75 Å². The van der Waals surface area contributed by atoms with Crippen molar-refractivity contribution in [2.24, 2.45) is 10.9 Å². The van der Waals surface area contributed by atoms with Crippen molar-refractivity contribution in [3.63, 3.8) is 0 Å². The normalized spacial score (nSPS) is 17.1. The predicted molar refractivity (Wildman–Crippen MR) is 136 cm³/mol. The fourth-order valence-electron chi connectivity index (χ4n) is 5.28. The summed E-state index contributed by atoms with van der Waals surface area (Å²) in [6.45, 7) is 3.16. The second-order valence-electron chi connectivity index (χ2n) is 9.93. The van der Waals surface area contributed by atoms with Crippen LogP contribution in [0.3, 0.4) is 0 Å². The van der Waals surface area contributed by atoms with Crippen LogP contribution in [0.2, 0.25) is 0 Å². The lowest BCUT2D eigenvalue weighted by Crippen LogP contribution is -2.35. The van der Waals surface area contributed by atoms with Gasteiger partial charge in [0.15, 0.2) is 0 Å². The highest BCUT2D eigenvalue weighted by molar-refractivity contribution is 6.05. The second kappa shape index (κ2) is 13.3. The number of nitrogens with one attached hydrogen (secondary N) is 1. The van der Waals surface area contributed by atoms with Crippen LogP contribution in [0.1, 0.15) is 69.8 Å². The van der Waals surface area contributed by atoms with E-state index in [0.29, 0.717) is 58.1 Å². The maximum absolute atomic E-state index is 12.8. The molecule has 196 valence electrons. The molecule has 36 heavy (non-hydrogen) atoms. The van der Waals surface area contributed by atoms with Crippen LogP contribution in [-0.2, 0) is 25.7 Å². The van der Waals surface area contributed by atoms with Gasteiger partial charge in [-0.25, -0.2) is 4.99 Å². The summed E-state index contributed by atoms with van der Waals surface area (Å²) in [5.74, 6) is 2.22. The van der Waals surface area contributed by atoms with Crippen LogP contribution in [0.15, 0.2) is 23.2 Å². The molecule has 1 aliphatic carbocycles. The molecule has 2 fully saturated rings. The predicted octanol–water partition coefficient (Wildman–Crippen LogP) is 3.53. The molecule has 0 atom stereocenters. The van der Waals surface area contributed by atoms with E-state index in [9.17, 15) is 14.4 Å². The number of rotatable bonds is 14. The molecule has 2 heterocycles. The molecule has 0 spiro atoms. The summed E-state index contributed by atoms with van der Waals surface area (Å²) in [6, 6.07) is 5.72. The Morgan fingerprint density at radius 1 is 1.11 bits per heavy atom. The lowest BCUT2D eigenvalue weighted by atomic mass is 9.86. The van der Waals surface area contributed by atoms with E-state index in [1.54, 1.807) is 0 Å². The van der Waals surface area contributed by atoms with E-state index >= 15 is 0 Å². The largest absolute Gasteiger partial charge is 0.494 e. The Labute approximate surface area is 213 Å². The minimum absolute atomic E-state index is 0.0429. The number of nitrogens with zero attached hydrogens (tertiary/aromatic N) is 3. The second-order valence-corrected chi connectivity index (χ2v) is 9.93. The first-order valence-electron chi connectivity index (χ1n) is 13.3. The van der Waals surface area contributed by atoms with E-state index in [1.165, 1.54) is 38.5 Å². The van der Waals surface area contributed by atoms with Gasteiger partial charge in [0.25, 0.3) is 6.47 Å². The molecular weight excluding hydrogens is 460 g/mol. The molecule has 4 rings (SSSR count). The third kappa shape index (κ3) is 7.45. The summed E-state index contributed by atoms with van der Waals surface area (Å²) in [7, 11) is 0. The molecule has 9 heteroatoms. The highest BCUT2D eigenvalue weighted by atomic mass is 16.5. The lowest BCUT2D eigenvalue weighted by Gasteiger charge is -2.24. The molecule has 2 aliphatic heterocycles. The summed E-state index contributed by atoms with van der Waals surface area (Å²) >= 11 is 0. The Balaban J connectivity index is 1.18. The van der Waals surface area contributed by atoms with Crippen LogP contribution < -0.4 is 10.1 Å². The monoisotopic (exact) mass is 498 g/mol. The van der Waals surface area contributed by atoms with Crippen LogP contribution in [0.25, 0.3) is 0 Å². The summed E-state index contributed by atoms with van der Waals surface area (Å²) in [6.07, 6.45) is 11.2. The fraction of sp³-hybridized carbons (Fsp3) is 0.630. The number of unbranched alkanes of at least 4 members (excludes halogenated alkanes) is 1. The van der Waals surface area contributed by atoms with Crippen LogP contribution in [0.4, 0.5) is 5.69 Å². The molecular formula is C27H38N4O5. The van der Waals surface area contributed by atoms with Crippen molar-refractivity contribution in [2.45, 2.75) is 70.8 Å². The minimum atomic E-state index is -0.0429. The van der Waals surface area contributed by atoms with Gasteiger partial charge in [-0.1, -0.05) is 44.9 Å². The van der Waals surface area contributed by atoms with Crippen molar-refractivity contribution in [3.8, 4) is 5.75 Å². The topological polar surface area (TPSA) is 101 Å². The molecule has 1 saturated heterocycles. The van der Waals surface area contributed by atoms with E-state index in [2.05, 4.69) is 10.3 Å². The molecule has 1 aromatic carbocycles. The van der Waals surface area contributed by atoms with Gasteiger partial charge in [-0.05, 0) is 37.0 Å². The van der Waals surface area contributed by atoms with Gasteiger partial charge < -0.3 is 19.3 Å². The van der Waals surface area contributed by atoms with Gasteiger partial charge in [0.1, 0.15) is 18.9 Å². The smallest absolute Gasteiger partial charge is 0.293 e. The van der Waals surface area contributed by atoms with Crippen molar-refractivity contribution in [1.29, 1.82) is 0 Å². The van der Waals surface area contributed by atoms with Crippen LogP contribution in [0, 0.1) is 5.92 Å². The SMILES string of the molecule is O=COCCN(CCCCC1CCCCC1)C(=O)CCCOc1ccc2c(c1)CN1CC(=O)NC1=N2. The number of carbonyl (C=O) groups excluding carboxylic acids is 3. The number of aliphatic imine (C=N–C) groups is 1. The molecule has 9 nitrogen and oxygen atoms in total. The molecule has 3 aliphatic rings. The zero-order valence-electron chi connectivity index (χ0n) is 21.1. The quantitative estimate of drug-likeness (QED) is 0.311.